The number of carbonyl (C=O) groups is 1. The fourth-order valence-electron chi connectivity index (χ4n) is 1.82. The quantitative estimate of drug-likeness (QED) is 0.694. The number of nitrogens with zero attached hydrogens (tertiary/aromatic N) is 2. The Morgan fingerprint density at radius 3 is 2.63 bits per heavy atom. The number of hydrogen-bond acceptors (Lipinski definition) is 4. The molecule has 5 nitrogen and oxygen atoms in total. The minimum atomic E-state index is -0.0761. The summed E-state index contributed by atoms with van der Waals surface area (Å²) >= 11 is 0. The minimum Gasteiger partial charge on any atom is -0.357 e. The maximum Gasteiger partial charge on any atom is 0.252 e. The standard InChI is InChI=1S/C14H24N4O/c1-4-10-18(5-2)13-7-6-12(11-17-13)14(19)16-9-8-15-3/h6-7,11,15H,4-5,8-10H2,1-3H3,(H,16,19). The Labute approximate surface area is 115 Å². The van der Waals surface area contributed by atoms with Crippen molar-refractivity contribution in [2.45, 2.75) is 20.3 Å². The first-order valence-electron chi connectivity index (χ1n) is 6.86. The zero-order valence-electron chi connectivity index (χ0n) is 12.1. The summed E-state index contributed by atoms with van der Waals surface area (Å²) in [5.74, 6) is 0.851. The maximum absolute atomic E-state index is 11.8. The molecule has 2 N–H and O–H groups in total. The van der Waals surface area contributed by atoms with Crippen LogP contribution >= 0.6 is 0 Å². The summed E-state index contributed by atoms with van der Waals surface area (Å²) in [4.78, 5) is 18.4. The minimum absolute atomic E-state index is 0.0761. The van der Waals surface area contributed by atoms with E-state index in [0.717, 1.165) is 31.9 Å². The zero-order chi connectivity index (χ0) is 14.1. The van der Waals surface area contributed by atoms with Crippen LogP contribution in [0.25, 0.3) is 0 Å². The van der Waals surface area contributed by atoms with Crippen LogP contribution in [0.1, 0.15) is 30.6 Å². The van der Waals surface area contributed by atoms with Gasteiger partial charge in [0.1, 0.15) is 5.82 Å². The van der Waals surface area contributed by atoms with E-state index in [1.165, 1.54) is 0 Å². The van der Waals surface area contributed by atoms with Crippen molar-refractivity contribution in [1.82, 2.24) is 15.6 Å². The summed E-state index contributed by atoms with van der Waals surface area (Å²) in [5.41, 5.74) is 0.604. The molecule has 0 saturated carbocycles. The average Bonchev–Trinajstić information content (AvgIpc) is 2.45. The van der Waals surface area contributed by atoms with Gasteiger partial charge in [-0.05, 0) is 32.5 Å². The fraction of sp³-hybridized carbons (Fsp3) is 0.571. The van der Waals surface area contributed by atoms with Crippen LogP contribution in [0.3, 0.4) is 0 Å². The van der Waals surface area contributed by atoms with Crippen molar-refractivity contribution < 1.29 is 4.79 Å². The Morgan fingerprint density at radius 2 is 2.11 bits per heavy atom. The topological polar surface area (TPSA) is 57.3 Å². The molecule has 1 rings (SSSR count). The summed E-state index contributed by atoms with van der Waals surface area (Å²) in [5, 5.41) is 5.82. The Morgan fingerprint density at radius 1 is 1.32 bits per heavy atom. The lowest BCUT2D eigenvalue weighted by molar-refractivity contribution is 0.0954. The predicted molar refractivity (Wildman–Crippen MR) is 78.7 cm³/mol. The van der Waals surface area contributed by atoms with Gasteiger partial charge >= 0.3 is 0 Å². The van der Waals surface area contributed by atoms with E-state index in [1.54, 1.807) is 6.20 Å². The van der Waals surface area contributed by atoms with E-state index < -0.39 is 0 Å². The Bertz CT molecular complexity index is 378. The van der Waals surface area contributed by atoms with Gasteiger partial charge in [0.25, 0.3) is 5.91 Å². The van der Waals surface area contributed by atoms with E-state index in [2.05, 4.69) is 34.4 Å². The molecule has 0 spiro atoms. The Balaban J connectivity index is 2.62. The third-order valence-corrected chi connectivity index (χ3v) is 2.87. The largest absolute Gasteiger partial charge is 0.357 e. The van der Waals surface area contributed by atoms with Gasteiger partial charge in [-0.15, -0.1) is 0 Å². The summed E-state index contributed by atoms with van der Waals surface area (Å²) in [7, 11) is 1.86. The molecule has 0 aliphatic carbocycles. The molecule has 1 amide bonds. The maximum atomic E-state index is 11.8. The molecule has 0 aliphatic heterocycles. The molecule has 1 heterocycles. The lowest BCUT2D eigenvalue weighted by Crippen LogP contribution is -2.30. The van der Waals surface area contributed by atoms with E-state index >= 15 is 0 Å². The average molecular weight is 264 g/mol. The second-order valence-electron chi connectivity index (χ2n) is 4.34. The van der Waals surface area contributed by atoms with Crippen LogP contribution < -0.4 is 15.5 Å². The number of hydrogen-bond donors (Lipinski definition) is 2. The molecule has 0 unspecified atom stereocenters. The molecule has 106 valence electrons. The molecule has 0 aliphatic rings. The van der Waals surface area contributed by atoms with Crippen LogP contribution in [0.4, 0.5) is 5.82 Å². The third-order valence-electron chi connectivity index (χ3n) is 2.87. The SMILES string of the molecule is CCCN(CC)c1ccc(C(=O)NCCNC)cn1. The lowest BCUT2D eigenvalue weighted by atomic mass is 10.2. The number of rotatable bonds is 8. The van der Waals surface area contributed by atoms with Crippen LogP contribution in [0.15, 0.2) is 18.3 Å². The molecular formula is C14H24N4O. The van der Waals surface area contributed by atoms with E-state index in [1.807, 2.05) is 19.2 Å². The molecule has 1 aromatic rings. The molecule has 0 bridgehead atoms. The molecular weight excluding hydrogens is 240 g/mol. The summed E-state index contributed by atoms with van der Waals surface area (Å²) in [6.07, 6.45) is 2.73. The van der Waals surface area contributed by atoms with Crippen molar-refractivity contribution in [1.29, 1.82) is 0 Å². The first-order chi connectivity index (χ1) is 9.22. The Kier molecular flexibility index (Phi) is 6.89. The number of amides is 1. The van der Waals surface area contributed by atoms with E-state index in [9.17, 15) is 4.79 Å². The predicted octanol–water partition coefficient (Wildman–Crippen LogP) is 1.27. The van der Waals surface area contributed by atoms with Crippen LogP contribution in [-0.4, -0.2) is 44.1 Å². The molecule has 1 aromatic heterocycles. The molecule has 0 aromatic carbocycles. The van der Waals surface area contributed by atoms with Crippen LogP contribution in [0.5, 0.6) is 0 Å². The van der Waals surface area contributed by atoms with Gasteiger partial charge in [-0.1, -0.05) is 6.92 Å². The second kappa shape index (κ2) is 8.48. The van der Waals surface area contributed by atoms with Crippen molar-refractivity contribution in [2.75, 3.05) is 38.1 Å². The van der Waals surface area contributed by atoms with Gasteiger partial charge in [-0.2, -0.15) is 0 Å². The number of aromatic nitrogens is 1. The van der Waals surface area contributed by atoms with E-state index in [0.29, 0.717) is 12.1 Å². The smallest absolute Gasteiger partial charge is 0.252 e. The highest BCUT2D eigenvalue weighted by molar-refractivity contribution is 5.94. The zero-order valence-corrected chi connectivity index (χ0v) is 12.1. The van der Waals surface area contributed by atoms with Crippen molar-refractivity contribution in [3.8, 4) is 0 Å². The monoisotopic (exact) mass is 264 g/mol. The summed E-state index contributed by atoms with van der Waals surface area (Å²) in [6, 6.07) is 3.74. The van der Waals surface area contributed by atoms with E-state index in [-0.39, 0.29) is 5.91 Å². The number of carbonyl (C=O) groups excluding carboxylic acids is 1. The second-order valence-corrected chi connectivity index (χ2v) is 4.34. The van der Waals surface area contributed by atoms with Gasteiger partial charge in [-0.3, -0.25) is 4.79 Å². The first kappa shape index (κ1) is 15.4. The van der Waals surface area contributed by atoms with Crippen LogP contribution in [0, 0.1) is 0 Å². The normalized spacial score (nSPS) is 10.3. The van der Waals surface area contributed by atoms with E-state index in [4.69, 9.17) is 0 Å². The molecule has 0 fully saturated rings. The third kappa shape index (κ3) is 4.87. The van der Waals surface area contributed by atoms with Crippen molar-refractivity contribution in [3.63, 3.8) is 0 Å². The molecule has 5 heteroatoms. The highest BCUT2D eigenvalue weighted by atomic mass is 16.1. The lowest BCUT2D eigenvalue weighted by Gasteiger charge is -2.21. The van der Waals surface area contributed by atoms with Gasteiger partial charge in [0, 0.05) is 32.4 Å². The number of anilines is 1. The number of likely N-dealkylation sites (N-methyl/N-ethyl adjacent to an activating group) is 1. The summed E-state index contributed by atoms with van der Waals surface area (Å²) < 4.78 is 0. The number of pyridine rings is 1. The van der Waals surface area contributed by atoms with Crippen LogP contribution in [-0.2, 0) is 0 Å². The summed E-state index contributed by atoms with van der Waals surface area (Å²) in [6.45, 7) is 7.54. The van der Waals surface area contributed by atoms with Gasteiger partial charge in [0.15, 0.2) is 0 Å². The number of nitrogens with one attached hydrogen (secondary N) is 2. The van der Waals surface area contributed by atoms with Crippen molar-refractivity contribution >= 4 is 11.7 Å². The van der Waals surface area contributed by atoms with Gasteiger partial charge in [0.2, 0.25) is 0 Å². The molecule has 0 saturated heterocycles. The highest BCUT2D eigenvalue weighted by Gasteiger charge is 2.08. The highest BCUT2D eigenvalue weighted by Crippen LogP contribution is 2.11. The molecule has 0 radical (unpaired) electrons. The van der Waals surface area contributed by atoms with Gasteiger partial charge in [-0.25, -0.2) is 4.98 Å². The van der Waals surface area contributed by atoms with Gasteiger partial charge in [0.05, 0.1) is 5.56 Å². The first-order valence-corrected chi connectivity index (χ1v) is 6.86. The van der Waals surface area contributed by atoms with Gasteiger partial charge < -0.3 is 15.5 Å². The van der Waals surface area contributed by atoms with Crippen molar-refractivity contribution in [2.24, 2.45) is 0 Å². The van der Waals surface area contributed by atoms with Crippen LogP contribution in [0.2, 0.25) is 0 Å². The Hall–Kier alpha value is -1.62. The molecule has 19 heavy (non-hydrogen) atoms. The molecule has 0 atom stereocenters. The fourth-order valence-corrected chi connectivity index (χ4v) is 1.82. The van der Waals surface area contributed by atoms with Crippen molar-refractivity contribution in [3.05, 3.63) is 23.9 Å².